The van der Waals surface area contributed by atoms with Crippen molar-refractivity contribution in [3.05, 3.63) is 23.9 Å². The highest BCUT2D eigenvalue weighted by molar-refractivity contribution is 6.01. The molecule has 1 aliphatic rings. The van der Waals surface area contributed by atoms with E-state index in [1.807, 2.05) is 30.1 Å². The first-order valence-corrected chi connectivity index (χ1v) is 6.83. The van der Waals surface area contributed by atoms with Crippen LogP contribution in [0, 0.1) is 0 Å². The van der Waals surface area contributed by atoms with Crippen LogP contribution in [0.5, 0.6) is 0 Å². The Kier molecular flexibility index (Phi) is 3.79. The molecule has 0 aliphatic carbocycles. The van der Waals surface area contributed by atoms with E-state index in [0.717, 1.165) is 11.5 Å². The molecule has 2 rings (SSSR count). The first-order chi connectivity index (χ1) is 9.29. The molecule has 1 saturated heterocycles. The van der Waals surface area contributed by atoms with Crippen molar-refractivity contribution in [2.75, 3.05) is 11.9 Å². The molecular weight excluding hydrogens is 254 g/mol. The number of pyridine rings is 1. The van der Waals surface area contributed by atoms with Crippen LogP contribution >= 0.6 is 0 Å². The summed E-state index contributed by atoms with van der Waals surface area (Å²) >= 11 is 0. The fourth-order valence-electron chi connectivity index (χ4n) is 2.25. The number of imide groups is 1. The Morgan fingerprint density at radius 3 is 2.60 bits per heavy atom. The Bertz CT molecular complexity index is 534. The number of piperidine rings is 1. The molecule has 0 spiro atoms. The van der Waals surface area contributed by atoms with Crippen LogP contribution in [-0.4, -0.2) is 29.9 Å². The van der Waals surface area contributed by atoms with Crippen molar-refractivity contribution < 1.29 is 9.59 Å². The van der Waals surface area contributed by atoms with Gasteiger partial charge in [0.05, 0.1) is 0 Å². The van der Waals surface area contributed by atoms with E-state index in [1.165, 1.54) is 0 Å². The highest BCUT2D eigenvalue weighted by Crippen LogP contribution is 2.24. The molecule has 2 amide bonds. The molecule has 1 N–H and O–H groups in total. The Morgan fingerprint density at radius 2 is 2.00 bits per heavy atom. The van der Waals surface area contributed by atoms with Crippen LogP contribution < -0.4 is 10.2 Å². The Labute approximate surface area is 119 Å². The standard InChI is InChI=1S/C15H21N3O2/c1-15(2,3)11-6-5-7-12(16-11)18(4)10-8-9-13(19)17-14(10)20/h5-7,10H,8-9H2,1-4H3,(H,17,19,20). The van der Waals surface area contributed by atoms with Gasteiger partial charge in [0, 0.05) is 24.6 Å². The van der Waals surface area contributed by atoms with Gasteiger partial charge in [0.1, 0.15) is 11.9 Å². The van der Waals surface area contributed by atoms with E-state index in [0.29, 0.717) is 12.8 Å². The van der Waals surface area contributed by atoms with Gasteiger partial charge in [-0.25, -0.2) is 4.98 Å². The highest BCUT2D eigenvalue weighted by Gasteiger charge is 2.30. The van der Waals surface area contributed by atoms with Crippen LogP contribution in [0.4, 0.5) is 5.82 Å². The largest absolute Gasteiger partial charge is 0.348 e. The molecule has 1 unspecified atom stereocenters. The molecular formula is C15H21N3O2. The average molecular weight is 275 g/mol. The SMILES string of the molecule is CN(c1cccc(C(C)(C)C)n1)C1CCC(=O)NC1=O. The molecule has 5 heteroatoms. The third kappa shape index (κ3) is 2.98. The van der Waals surface area contributed by atoms with E-state index in [2.05, 4.69) is 31.1 Å². The van der Waals surface area contributed by atoms with Crippen molar-refractivity contribution in [2.24, 2.45) is 0 Å². The third-order valence-electron chi connectivity index (χ3n) is 3.54. The van der Waals surface area contributed by atoms with Gasteiger partial charge in [0.25, 0.3) is 0 Å². The summed E-state index contributed by atoms with van der Waals surface area (Å²) in [5.41, 5.74) is 0.941. The molecule has 1 aromatic heterocycles. The van der Waals surface area contributed by atoms with Crippen molar-refractivity contribution in [3.63, 3.8) is 0 Å². The Morgan fingerprint density at radius 1 is 1.30 bits per heavy atom. The van der Waals surface area contributed by atoms with Crippen LogP contribution in [-0.2, 0) is 15.0 Å². The summed E-state index contributed by atoms with van der Waals surface area (Å²) in [6.45, 7) is 6.31. The normalized spacial score (nSPS) is 19.7. The smallest absolute Gasteiger partial charge is 0.249 e. The summed E-state index contributed by atoms with van der Waals surface area (Å²) in [5, 5.41) is 2.38. The molecule has 1 atom stereocenters. The van der Waals surface area contributed by atoms with E-state index in [-0.39, 0.29) is 23.3 Å². The average Bonchev–Trinajstić information content (AvgIpc) is 2.37. The lowest BCUT2D eigenvalue weighted by molar-refractivity contribution is -0.134. The molecule has 20 heavy (non-hydrogen) atoms. The summed E-state index contributed by atoms with van der Waals surface area (Å²) in [6, 6.07) is 5.49. The van der Waals surface area contributed by atoms with Crippen molar-refractivity contribution in [3.8, 4) is 0 Å². The maximum Gasteiger partial charge on any atom is 0.249 e. The number of likely N-dealkylation sites (N-methyl/N-ethyl adjacent to an activating group) is 1. The fraction of sp³-hybridized carbons (Fsp3) is 0.533. The molecule has 0 bridgehead atoms. The van der Waals surface area contributed by atoms with Gasteiger partial charge in [-0.15, -0.1) is 0 Å². The number of carbonyl (C=O) groups excluding carboxylic acids is 2. The van der Waals surface area contributed by atoms with Gasteiger partial charge in [0.2, 0.25) is 11.8 Å². The minimum Gasteiger partial charge on any atom is -0.348 e. The van der Waals surface area contributed by atoms with Crippen molar-refractivity contribution in [2.45, 2.75) is 45.1 Å². The van der Waals surface area contributed by atoms with E-state index in [4.69, 9.17) is 0 Å². The summed E-state index contributed by atoms with van der Waals surface area (Å²) in [6.07, 6.45) is 0.905. The summed E-state index contributed by atoms with van der Waals surface area (Å²) < 4.78 is 0. The molecule has 1 fully saturated rings. The predicted octanol–water partition coefficient (Wildman–Crippen LogP) is 1.62. The quantitative estimate of drug-likeness (QED) is 0.833. The molecule has 108 valence electrons. The van der Waals surface area contributed by atoms with Crippen molar-refractivity contribution >= 4 is 17.6 Å². The van der Waals surface area contributed by atoms with Crippen LogP contribution in [0.3, 0.4) is 0 Å². The second-order valence-corrected chi connectivity index (χ2v) is 6.21. The number of hydrogen-bond donors (Lipinski definition) is 1. The summed E-state index contributed by atoms with van der Waals surface area (Å²) in [5.74, 6) is 0.315. The number of rotatable bonds is 2. The maximum absolute atomic E-state index is 11.9. The number of hydrogen-bond acceptors (Lipinski definition) is 4. The fourth-order valence-corrected chi connectivity index (χ4v) is 2.25. The van der Waals surface area contributed by atoms with Crippen molar-refractivity contribution in [1.29, 1.82) is 0 Å². The van der Waals surface area contributed by atoms with Crippen LogP contribution in [0.15, 0.2) is 18.2 Å². The van der Waals surface area contributed by atoms with Gasteiger partial charge in [-0.3, -0.25) is 14.9 Å². The van der Waals surface area contributed by atoms with Gasteiger partial charge in [0.15, 0.2) is 0 Å². The first kappa shape index (κ1) is 14.5. The monoisotopic (exact) mass is 275 g/mol. The number of amides is 2. The second kappa shape index (κ2) is 5.23. The van der Waals surface area contributed by atoms with E-state index in [1.54, 1.807) is 0 Å². The minimum absolute atomic E-state index is 0.0400. The zero-order chi connectivity index (χ0) is 14.9. The van der Waals surface area contributed by atoms with Gasteiger partial charge in [-0.2, -0.15) is 0 Å². The number of carbonyl (C=O) groups is 2. The predicted molar refractivity (Wildman–Crippen MR) is 77.5 cm³/mol. The van der Waals surface area contributed by atoms with Crippen LogP contribution in [0.2, 0.25) is 0 Å². The zero-order valence-corrected chi connectivity index (χ0v) is 12.4. The van der Waals surface area contributed by atoms with E-state index < -0.39 is 0 Å². The molecule has 0 aromatic carbocycles. The highest BCUT2D eigenvalue weighted by atomic mass is 16.2. The van der Waals surface area contributed by atoms with Gasteiger partial charge in [-0.05, 0) is 18.6 Å². The lowest BCUT2D eigenvalue weighted by Gasteiger charge is -2.31. The van der Waals surface area contributed by atoms with E-state index in [9.17, 15) is 9.59 Å². The molecule has 1 aromatic rings. The first-order valence-electron chi connectivity index (χ1n) is 6.83. The Hall–Kier alpha value is -1.91. The lowest BCUT2D eigenvalue weighted by atomic mass is 9.92. The molecule has 0 saturated carbocycles. The molecule has 5 nitrogen and oxygen atoms in total. The van der Waals surface area contributed by atoms with Crippen LogP contribution in [0.25, 0.3) is 0 Å². The topological polar surface area (TPSA) is 62.3 Å². The van der Waals surface area contributed by atoms with Gasteiger partial charge >= 0.3 is 0 Å². The van der Waals surface area contributed by atoms with E-state index >= 15 is 0 Å². The third-order valence-corrected chi connectivity index (χ3v) is 3.54. The molecule has 0 radical (unpaired) electrons. The lowest BCUT2D eigenvalue weighted by Crippen LogP contribution is -2.51. The summed E-state index contributed by atoms with van der Waals surface area (Å²) in [7, 11) is 1.84. The van der Waals surface area contributed by atoms with Gasteiger partial charge < -0.3 is 4.90 Å². The summed E-state index contributed by atoms with van der Waals surface area (Å²) in [4.78, 5) is 29.6. The number of aromatic nitrogens is 1. The minimum atomic E-state index is -0.338. The van der Waals surface area contributed by atoms with Crippen molar-refractivity contribution in [1.82, 2.24) is 10.3 Å². The second-order valence-electron chi connectivity index (χ2n) is 6.21. The molecule has 2 heterocycles. The maximum atomic E-state index is 11.9. The number of nitrogens with zero attached hydrogens (tertiary/aromatic N) is 2. The van der Waals surface area contributed by atoms with Gasteiger partial charge in [-0.1, -0.05) is 26.8 Å². The number of nitrogens with one attached hydrogen (secondary N) is 1. The zero-order valence-electron chi connectivity index (χ0n) is 12.4. The number of anilines is 1. The Balaban J connectivity index is 2.23. The molecule has 1 aliphatic heterocycles. The van der Waals surface area contributed by atoms with Crippen LogP contribution in [0.1, 0.15) is 39.3 Å².